The minimum absolute atomic E-state index is 0.0145. The summed E-state index contributed by atoms with van der Waals surface area (Å²) in [4.78, 5) is 16.7. The third-order valence-corrected chi connectivity index (χ3v) is 4.24. The van der Waals surface area contributed by atoms with Crippen LogP contribution in [0.1, 0.15) is 28.7 Å². The van der Waals surface area contributed by atoms with Crippen LogP contribution in [0.25, 0.3) is 0 Å². The number of amides is 1. The number of anilines is 1. The van der Waals surface area contributed by atoms with Crippen LogP contribution in [0.5, 0.6) is 0 Å². The van der Waals surface area contributed by atoms with Crippen LogP contribution in [0.2, 0.25) is 0 Å². The van der Waals surface area contributed by atoms with Crippen molar-refractivity contribution in [2.24, 2.45) is 0 Å². The number of aryl methyl sites for hydroxylation is 2. The number of piperazine rings is 1. The molecular weight excluding hydrogens is 297 g/mol. The van der Waals surface area contributed by atoms with Gasteiger partial charge in [-0.25, -0.2) is 4.39 Å². The number of aromatic nitrogens is 1. The first-order valence-corrected chi connectivity index (χ1v) is 7.85. The van der Waals surface area contributed by atoms with Gasteiger partial charge in [0.1, 0.15) is 17.1 Å². The Bertz CT molecular complexity index is 688. The Labute approximate surface area is 134 Å². The van der Waals surface area contributed by atoms with Gasteiger partial charge < -0.3 is 14.3 Å². The highest BCUT2D eigenvalue weighted by Crippen LogP contribution is 2.20. The van der Waals surface area contributed by atoms with Gasteiger partial charge in [0.2, 0.25) is 0 Å². The molecule has 0 bridgehead atoms. The molecule has 0 N–H and O–H groups in total. The van der Waals surface area contributed by atoms with Crippen molar-refractivity contribution in [2.45, 2.75) is 20.3 Å². The molecule has 23 heavy (non-hydrogen) atoms. The standard InChI is InChI=1S/C17H20FN3O2/c1-3-15-16(12(2)23-19-15)17(22)21-10-8-20(9-11-21)14-6-4-13(18)5-7-14/h4-7H,3,8-11H2,1-2H3. The second-order valence-electron chi connectivity index (χ2n) is 5.67. The molecule has 6 heteroatoms. The zero-order chi connectivity index (χ0) is 16.4. The predicted octanol–water partition coefficient (Wildman–Crippen LogP) is 2.65. The van der Waals surface area contributed by atoms with Crippen molar-refractivity contribution in [1.29, 1.82) is 0 Å². The number of nitrogens with zero attached hydrogens (tertiary/aromatic N) is 3. The van der Waals surface area contributed by atoms with Crippen molar-refractivity contribution >= 4 is 11.6 Å². The maximum Gasteiger partial charge on any atom is 0.259 e. The zero-order valence-corrected chi connectivity index (χ0v) is 13.4. The van der Waals surface area contributed by atoms with E-state index in [0.29, 0.717) is 36.5 Å². The van der Waals surface area contributed by atoms with Crippen molar-refractivity contribution in [2.75, 3.05) is 31.1 Å². The minimum atomic E-state index is -0.238. The first kappa shape index (κ1) is 15.5. The molecule has 0 radical (unpaired) electrons. The van der Waals surface area contributed by atoms with Crippen LogP contribution in [-0.2, 0) is 6.42 Å². The predicted molar refractivity (Wildman–Crippen MR) is 85.1 cm³/mol. The van der Waals surface area contributed by atoms with Crippen LogP contribution in [0, 0.1) is 12.7 Å². The van der Waals surface area contributed by atoms with Gasteiger partial charge in [-0.3, -0.25) is 4.79 Å². The quantitative estimate of drug-likeness (QED) is 0.873. The van der Waals surface area contributed by atoms with Crippen molar-refractivity contribution in [3.63, 3.8) is 0 Å². The van der Waals surface area contributed by atoms with Crippen molar-refractivity contribution in [3.8, 4) is 0 Å². The first-order chi connectivity index (χ1) is 11.1. The maximum absolute atomic E-state index is 13.0. The Hall–Kier alpha value is -2.37. The lowest BCUT2D eigenvalue weighted by Gasteiger charge is -2.36. The molecule has 122 valence electrons. The van der Waals surface area contributed by atoms with E-state index in [-0.39, 0.29) is 11.7 Å². The van der Waals surface area contributed by atoms with Gasteiger partial charge in [0, 0.05) is 31.9 Å². The second-order valence-corrected chi connectivity index (χ2v) is 5.67. The number of hydrogen-bond donors (Lipinski definition) is 0. The topological polar surface area (TPSA) is 49.6 Å². The summed E-state index contributed by atoms with van der Waals surface area (Å²) in [6.07, 6.45) is 0.675. The highest BCUT2D eigenvalue weighted by atomic mass is 19.1. The van der Waals surface area contributed by atoms with Gasteiger partial charge in [0.05, 0.1) is 5.69 Å². The maximum atomic E-state index is 13.0. The van der Waals surface area contributed by atoms with E-state index in [1.54, 1.807) is 19.1 Å². The van der Waals surface area contributed by atoms with Gasteiger partial charge in [-0.1, -0.05) is 12.1 Å². The van der Waals surface area contributed by atoms with Crippen molar-refractivity contribution < 1.29 is 13.7 Å². The van der Waals surface area contributed by atoms with Crippen molar-refractivity contribution in [3.05, 3.63) is 47.1 Å². The van der Waals surface area contributed by atoms with Gasteiger partial charge in [0.15, 0.2) is 0 Å². The second kappa shape index (κ2) is 6.40. The Balaban J connectivity index is 1.68. The van der Waals surface area contributed by atoms with Gasteiger partial charge >= 0.3 is 0 Å². The molecule has 1 aromatic heterocycles. The summed E-state index contributed by atoms with van der Waals surface area (Å²) in [5, 5.41) is 3.95. The molecule has 0 unspecified atom stereocenters. The van der Waals surface area contributed by atoms with E-state index >= 15 is 0 Å². The average molecular weight is 317 g/mol. The number of rotatable bonds is 3. The lowest BCUT2D eigenvalue weighted by Crippen LogP contribution is -2.49. The smallest absolute Gasteiger partial charge is 0.259 e. The number of carbonyl (C=O) groups excluding carboxylic acids is 1. The van der Waals surface area contributed by atoms with Crippen LogP contribution in [-0.4, -0.2) is 42.1 Å². The third kappa shape index (κ3) is 3.06. The van der Waals surface area contributed by atoms with Crippen LogP contribution in [0.4, 0.5) is 10.1 Å². The van der Waals surface area contributed by atoms with E-state index in [1.807, 2.05) is 11.8 Å². The molecule has 5 nitrogen and oxygen atoms in total. The van der Waals surface area contributed by atoms with Gasteiger partial charge in [-0.2, -0.15) is 0 Å². The van der Waals surface area contributed by atoms with Crippen LogP contribution in [0.15, 0.2) is 28.8 Å². The van der Waals surface area contributed by atoms with Crippen LogP contribution >= 0.6 is 0 Å². The van der Waals surface area contributed by atoms with Crippen LogP contribution < -0.4 is 4.90 Å². The molecule has 1 fully saturated rings. The number of halogens is 1. The molecule has 0 saturated carbocycles. The summed E-state index contributed by atoms with van der Waals surface area (Å²) in [6, 6.07) is 6.46. The highest BCUT2D eigenvalue weighted by Gasteiger charge is 2.27. The monoisotopic (exact) mass is 317 g/mol. The molecule has 1 aliphatic rings. The van der Waals surface area contributed by atoms with Gasteiger partial charge in [0.25, 0.3) is 5.91 Å². The SMILES string of the molecule is CCc1noc(C)c1C(=O)N1CCN(c2ccc(F)cc2)CC1. The molecule has 1 amide bonds. The summed E-state index contributed by atoms with van der Waals surface area (Å²) in [6.45, 7) is 6.44. The van der Waals surface area contributed by atoms with Gasteiger partial charge in [-0.15, -0.1) is 0 Å². The lowest BCUT2D eigenvalue weighted by molar-refractivity contribution is 0.0744. The molecule has 1 aromatic carbocycles. The van der Waals surface area contributed by atoms with E-state index < -0.39 is 0 Å². The summed E-state index contributed by atoms with van der Waals surface area (Å²) >= 11 is 0. The van der Waals surface area contributed by atoms with E-state index in [2.05, 4.69) is 10.1 Å². The van der Waals surface area contributed by atoms with E-state index in [0.717, 1.165) is 18.8 Å². The average Bonchev–Trinajstić information content (AvgIpc) is 2.96. The molecule has 2 aromatic rings. The normalized spacial score (nSPS) is 15.1. The summed E-state index contributed by atoms with van der Waals surface area (Å²) in [5.41, 5.74) is 2.30. The molecule has 0 atom stereocenters. The number of carbonyl (C=O) groups is 1. The minimum Gasteiger partial charge on any atom is -0.368 e. The Morgan fingerprint density at radius 3 is 2.48 bits per heavy atom. The summed E-state index contributed by atoms with van der Waals surface area (Å²) in [7, 11) is 0. The van der Waals surface area contributed by atoms with E-state index in [9.17, 15) is 9.18 Å². The fraction of sp³-hybridized carbons (Fsp3) is 0.412. The van der Waals surface area contributed by atoms with E-state index in [4.69, 9.17) is 4.52 Å². The third-order valence-electron chi connectivity index (χ3n) is 4.24. The molecular formula is C17H20FN3O2. The Morgan fingerprint density at radius 2 is 1.87 bits per heavy atom. The Kier molecular flexibility index (Phi) is 4.32. The Morgan fingerprint density at radius 1 is 1.22 bits per heavy atom. The molecule has 1 aliphatic heterocycles. The fourth-order valence-corrected chi connectivity index (χ4v) is 2.91. The summed E-state index contributed by atoms with van der Waals surface area (Å²) in [5.74, 6) is 0.324. The van der Waals surface area contributed by atoms with Gasteiger partial charge in [-0.05, 0) is 37.6 Å². The molecule has 0 spiro atoms. The largest absolute Gasteiger partial charge is 0.368 e. The van der Waals surface area contributed by atoms with Crippen molar-refractivity contribution in [1.82, 2.24) is 10.1 Å². The molecule has 0 aliphatic carbocycles. The number of benzene rings is 1. The first-order valence-electron chi connectivity index (χ1n) is 7.85. The zero-order valence-electron chi connectivity index (χ0n) is 13.4. The molecule has 1 saturated heterocycles. The number of hydrogen-bond acceptors (Lipinski definition) is 4. The molecule has 2 heterocycles. The molecule has 3 rings (SSSR count). The summed E-state index contributed by atoms with van der Waals surface area (Å²) < 4.78 is 18.2. The lowest BCUT2D eigenvalue weighted by atomic mass is 10.1. The fourth-order valence-electron chi connectivity index (χ4n) is 2.91. The van der Waals surface area contributed by atoms with E-state index in [1.165, 1.54) is 12.1 Å². The highest BCUT2D eigenvalue weighted by molar-refractivity contribution is 5.96. The van der Waals surface area contributed by atoms with Crippen LogP contribution in [0.3, 0.4) is 0 Å².